The van der Waals surface area contributed by atoms with E-state index >= 15 is 0 Å². The van der Waals surface area contributed by atoms with Gasteiger partial charge in [0.15, 0.2) is 5.82 Å². The summed E-state index contributed by atoms with van der Waals surface area (Å²) in [5.41, 5.74) is 2.63. The smallest absolute Gasteiger partial charge is 0.158 e. The van der Waals surface area contributed by atoms with E-state index in [2.05, 4.69) is 31.3 Å². The van der Waals surface area contributed by atoms with E-state index in [0.29, 0.717) is 12.4 Å². The molecule has 0 amide bonds. The number of nitrogens with one attached hydrogen (secondary N) is 1. The van der Waals surface area contributed by atoms with Gasteiger partial charge in [-0.25, -0.2) is 14.1 Å². The number of nitrogens with zero attached hydrogens (tertiary/aromatic N) is 3. The first kappa shape index (κ1) is 14.1. The zero-order valence-electron chi connectivity index (χ0n) is 11.2. The molecule has 6 heteroatoms. The second kappa shape index (κ2) is 5.79. The van der Waals surface area contributed by atoms with Crippen molar-refractivity contribution in [1.29, 1.82) is 0 Å². The predicted molar refractivity (Wildman–Crippen MR) is 75.9 cm³/mol. The third kappa shape index (κ3) is 2.84. The van der Waals surface area contributed by atoms with E-state index < -0.39 is 0 Å². The molecule has 0 bridgehead atoms. The van der Waals surface area contributed by atoms with Crippen LogP contribution in [0.2, 0.25) is 0 Å². The van der Waals surface area contributed by atoms with E-state index in [4.69, 9.17) is 0 Å². The Bertz CT molecular complexity index is 595. The van der Waals surface area contributed by atoms with Gasteiger partial charge in [0.2, 0.25) is 0 Å². The van der Waals surface area contributed by atoms with Crippen molar-refractivity contribution in [2.45, 2.75) is 27.3 Å². The molecular formula is C13H16BrFN4. The molecule has 0 saturated heterocycles. The van der Waals surface area contributed by atoms with E-state index in [0.717, 1.165) is 28.0 Å². The molecule has 0 aliphatic heterocycles. The normalized spacial score (nSPS) is 11.0. The van der Waals surface area contributed by atoms with E-state index in [1.165, 1.54) is 12.3 Å². The van der Waals surface area contributed by atoms with Gasteiger partial charge in [-0.3, -0.25) is 0 Å². The molecule has 1 N–H and O–H groups in total. The molecule has 0 aliphatic carbocycles. The average molecular weight is 327 g/mol. The van der Waals surface area contributed by atoms with Gasteiger partial charge in [0.1, 0.15) is 5.82 Å². The maximum absolute atomic E-state index is 13.3. The monoisotopic (exact) mass is 326 g/mol. The van der Waals surface area contributed by atoms with Gasteiger partial charge in [-0.2, -0.15) is 5.10 Å². The molecule has 0 unspecified atom stereocenters. The molecule has 0 spiro atoms. The Kier molecular flexibility index (Phi) is 4.31. The van der Waals surface area contributed by atoms with Gasteiger partial charge in [-0.05, 0) is 42.4 Å². The zero-order chi connectivity index (χ0) is 14.0. The van der Waals surface area contributed by atoms with Gasteiger partial charge in [-0.15, -0.1) is 0 Å². The van der Waals surface area contributed by atoms with Crippen LogP contribution >= 0.6 is 15.9 Å². The summed E-state index contributed by atoms with van der Waals surface area (Å²) in [5, 5.41) is 7.62. The lowest BCUT2D eigenvalue weighted by atomic mass is 10.2. The minimum atomic E-state index is -0.336. The van der Waals surface area contributed by atoms with Crippen molar-refractivity contribution in [2.24, 2.45) is 0 Å². The first-order valence-corrected chi connectivity index (χ1v) is 6.91. The van der Waals surface area contributed by atoms with E-state index in [1.807, 2.05) is 20.8 Å². The fraction of sp³-hybridized carbons (Fsp3) is 0.385. The number of halogens is 2. The number of aromatic nitrogens is 3. The lowest BCUT2D eigenvalue weighted by Gasteiger charge is -2.10. The van der Waals surface area contributed by atoms with Crippen LogP contribution in [0.5, 0.6) is 0 Å². The highest BCUT2D eigenvalue weighted by atomic mass is 79.9. The van der Waals surface area contributed by atoms with E-state index in [1.54, 1.807) is 4.68 Å². The van der Waals surface area contributed by atoms with Crippen molar-refractivity contribution < 1.29 is 4.39 Å². The Balaban J connectivity index is 2.51. The van der Waals surface area contributed by atoms with E-state index in [-0.39, 0.29) is 5.82 Å². The van der Waals surface area contributed by atoms with E-state index in [9.17, 15) is 4.39 Å². The van der Waals surface area contributed by atoms with Gasteiger partial charge in [0, 0.05) is 12.1 Å². The summed E-state index contributed by atoms with van der Waals surface area (Å²) in [6.45, 7) is 7.25. The Labute approximate surface area is 120 Å². The fourth-order valence-corrected chi connectivity index (χ4v) is 2.13. The zero-order valence-corrected chi connectivity index (χ0v) is 12.8. The molecule has 19 heavy (non-hydrogen) atoms. The molecule has 102 valence electrons. The molecule has 2 aromatic heterocycles. The highest BCUT2D eigenvalue weighted by molar-refractivity contribution is 9.10. The minimum absolute atomic E-state index is 0.336. The van der Waals surface area contributed by atoms with Crippen LogP contribution in [-0.2, 0) is 6.54 Å². The van der Waals surface area contributed by atoms with Gasteiger partial charge in [0.05, 0.1) is 22.1 Å². The van der Waals surface area contributed by atoms with Crippen LogP contribution in [0.25, 0.3) is 5.82 Å². The van der Waals surface area contributed by atoms with Gasteiger partial charge in [0.25, 0.3) is 0 Å². The van der Waals surface area contributed by atoms with Gasteiger partial charge < -0.3 is 5.32 Å². The summed E-state index contributed by atoms with van der Waals surface area (Å²) in [5.74, 6) is 0.325. The summed E-state index contributed by atoms with van der Waals surface area (Å²) >= 11 is 3.49. The first-order valence-electron chi connectivity index (χ1n) is 6.11. The van der Waals surface area contributed by atoms with Crippen molar-refractivity contribution >= 4 is 15.9 Å². The summed E-state index contributed by atoms with van der Waals surface area (Å²) in [4.78, 5) is 4.18. The first-order chi connectivity index (χ1) is 9.04. The molecule has 0 fully saturated rings. The highest BCUT2D eigenvalue weighted by Gasteiger charge is 2.15. The minimum Gasteiger partial charge on any atom is -0.313 e. The Morgan fingerprint density at radius 1 is 1.42 bits per heavy atom. The topological polar surface area (TPSA) is 42.7 Å². The average Bonchev–Trinajstić information content (AvgIpc) is 2.64. The Hall–Kier alpha value is -1.27. The molecule has 0 aromatic carbocycles. The SMILES string of the molecule is CCNCc1cc(F)cnc1-n1nc(C)c(Br)c1C. The van der Waals surface area contributed by atoms with Crippen molar-refractivity contribution in [3.05, 3.63) is 39.5 Å². The lowest BCUT2D eigenvalue weighted by Crippen LogP contribution is -2.16. The predicted octanol–water partition coefficient (Wildman–Crippen LogP) is 2.90. The summed E-state index contributed by atoms with van der Waals surface area (Å²) in [7, 11) is 0. The molecule has 4 nitrogen and oxygen atoms in total. The van der Waals surface area contributed by atoms with Crippen LogP contribution in [0.1, 0.15) is 23.9 Å². The van der Waals surface area contributed by atoms with Crippen LogP contribution in [0.4, 0.5) is 4.39 Å². The molecular weight excluding hydrogens is 311 g/mol. The van der Waals surface area contributed by atoms with Crippen LogP contribution < -0.4 is 5.32 Å². The number of rotatable bonds is 4. The standard InChI is InChI=1S/C13H16BrFN4/c1-4-16-6-10-5-11(15)7-17-13(10)19-9(3)12(14)8(2)18-19/h5,7,16H,4,6H2,1-3H3. The molecule has 0 saturated carbocycles. The molecule has 0 aliphatic rings. The lowest BCUT2D eigenvalue weighted by molar-refractivity contribution is 0.609. The second-order valence-corrected chi connectivity index (χ2v) is 5.11. The van der Waals surface area contributed by atoms with Crippen LogP contribution in [-0.4, -0.2) is 21.3 Å². The number of aryl methyl sites for hydroxylation is 1. The quantitative estimate of drug-likeness (QED) is 0.939. The largest absolute Gasteiger partial charge is 0.313 e. The number of hydrogen-bond donors (Lipinski definition) is 1. The molecule has 2 rings (SSSR count). The Morgan fingerprint density at radius 2 is 2.16 bits per heavy atom. The third-order valence-electron chi connectivity index (χ3n) is 2.88. The van der Waals surface area contributed by atoms with Crippen molar-refractivity contribution in [3.63, 3.8) is 0 Å². The number of pyridine rings is 1. The van der Waals surface area contributed by atoms with Gasteiger partial charge >= 0.3 is 0 Å². The fourth-order valence-electron chi connectivity index (χ4n) is 1.88. The molecule has 2 aromatic rings. The van der Waals surface area contributed by atoms with Crippen molar-refractivity contribution in [3.8, 4) is 5.82 Å². The second-order valence-electron chi connectivity index (χ2n) is 4.31. The summed E-state index contributed by atoms with van der Waals surface area (Å²) < 4.78 is 16.0. The maximum atomic E-state index is 13.3. The van der Waals surface area contributed by atoms with Crippen molar-refractivity contribution in [2.75, 3.05) is 6.54 Å². The van der Waals surface area contributed by atoms with Crippen LogP contribution in [0, 0.1) is 19.7 Å². The van der Waals surface area contributed by atoms with Crippen molar-refractivity contribution in [1.82, 2.24) is 20.1 Å². The molecule has 0 radical (unpaired) electrons. The summed E-state index contributed by atoms with van der Waals surface area (Å²) in [6.07, 6.45) is 1.22. The van der Waals surface area contributed by atoms with Crippen LogP contribution in [0.3, 0.4) is 0 Å². The summed E-state index contributed by atoms with van der Waals surface area (Å²) in [6, 6.07) is 1.50. The van der Waals surface area contributed by atoms with Crippen LogP contribution in [0.15, 0.2) is 16.7 Å². The highest BCUT2D eigenvalue weighted by Crippen LogP contribution is 2.23. The molecule has 0 atom stereocenters. The maximum Gasteiger partial charge on any atom is 0.158 e. The Morgan fingerprint density at radius 3 is 2.74 bits per heavy atom. The van der Waals surface area contributed by atoms with Gasteiger partial charge in [-0.1, -0.05) is 6.92 Å². The number of hydrogen-bond acceptors (Lipinski definition) is 3. The molecule has 2 heterocycles. The third-order valence-corrected chi connectivity index (χ3v) is 4.03.